The van der Waals surface area contributed by atoms with Crippen LogP contribution in [0.4, 0.5) is 8.78 Å². The van der Waals surface area contributed by atoms with E-state index in [2.05, 4.69) is 32.1 Å². The molecule has 1 atom stereocenters. The van der Waals surface area contributed by atoms with Gasteiger partial charge in [0, 0.05) is 19.0 Å². The summed E-state index contributed by atoms with van der Waals surface area (Å²) in [6.07, 6.45) is 3.05. The molecule has 0 amide bonds. The van der Waals surface area contributed by atoms with E-state index >= 15 is 0 Å². The molecule has 8 heteroatoms. The molecule has 1 aromatic carbocycles. The van der Waals surface area contributed by atoms with Crippen LogP contribution in [0.3, 0.4) is 0 Å². The van der Waals surface area contributed by atoms with Gasteiger partial charge in [0.15, 0.2) is 11.5 Å². The van der Waals surface area contributed by atoms with Gasteiger partial charge in [-0.05, 0) is 30.4 Å². The van der Waals surface area contributed by atoms with Crippen molar-refractivity contribution < 1.29 is 18.0 Å². The predicted octanol–water partition coefficient (Wildman–Crippen LogP) is 3.54. The maximum atomic E-state index is 12.4. The van der Waals surface area contributed by atoms with Crippen molar-refractivity contribution in [2.45, 2.75) is 31.8 Å². The fraction of sp³-hybridized carbons (Fsp3) is 0.353. The Kier molecular flexibility index (Phi) is 3.95. The van der Waals surface area contributed by atoms with Gasteiger partial charge in [-0.2, -0.15) is 18.9 Å². The first-order chi connectivity index (χ1) is 12.1. The average molecular weight is 346 g/mol. The van der Waals surface area contributed by atoms with Gasteiger partial charge in [0.25, 0.3) is 5.89 Å². The fourth-order valence-corrected chi connectivity index (χ4v) is 3.26. The van der Waals surface area contributed by atoms with Crippen LogP contribution in [0.25, 0.3) is 11.6 Å². The molecular weight excluding hydrogens is 330 g/mol. The van der Waals surface area contributed by atoms with Gasteiger partial charge in [0.05, 0.1) is 0 Å². The Morgan fingerprint density at radius 2 is 2.16 bits per heavy atom. The summed E-state index contributed by atoms with van der Waals surface area (Å²) in [4.78, 5) is 4.44. The minimum absolute atomic E-state index is 0.0623. The van der Waals surface area contributed by atoms with Crippen LogP contribution in [0.5, 0.6) is 5.88 Å². The monoisotopic (exact) mass is 346 g/mol. The average Bonchev–Trinajstić information content (AvgIpc) is 3.21. The Labute approximate surface area is 142 Å². The van der Waals surface area contributed by atoms with Crippen molar-refractivity contribution in [2.24, 2.45) is 7.05 Å². The third kappa shape index (κ3) is 2.99. The van der Waals surface area contributed by atoms with Crippen LogP contribution >= 0.6 is 0 Å². The van der Waals surface area contributed by atoms with Crippen molar-refractivity contribution >= 4 is 0 Å². The number of rotatable bonds is 4. The molecule has 1 aliphatic rings. The Bertz CT molecular complexity index is 890. The molecule has 0 saturated heterocycles. The molecule has 3 aromatic rings. The summed E-state index contributed by atoms with van der Waals surface area (Å²) < 4.78 is 35.7. The Balaban J connectivity index is 1.63. The van der Waals surface area contributed by atoms with Gasteiger partial charge in [-0.3, -0.25) is 0 Å². The SMILES string of the molecule is Cn1nc(-c2nc(C3CCCc4ccccc43)no2)cc1OC(F)F. The van der Waals surface area contributed by atoms with E-state index in [4.69, 9.17) is 4.52 Å². The molecule has 0 radical (unpaired) electrons. The van der Waals surface area contributed by atoms with Crippen LogP contribution in [0.15, 0.2) is 34.9 Å². The normalized spacial score (nSPS) is 16.9. The number of ether oxygens (including phenoxy) is 1. The molecule has 0 bridgehead atoms. The van der Waals surface area contributed by atoms with E-state index in [9.17, 15) is 8.78 Å². The summed E-state index contributed by atoms with van der Waals surface area (Å²) in [6.45, 7) is -2.92. The lowest BCUT2D eigenvalue weighted by molar-refractivity contribution is -0.0553. The maximum absolute atomic E-state index is 12.4. The van der Waals surface area contributed by atoms with Crippen LogP contribution < -0.4 is 4.74 Å². The largest absolute Gasteiger partial charge is 0.417 e. The van der Waals surface area contributed by atoms with Crippen LogP contribution in [0.1, 0.15) is 35.7 Å². The zero-order valence-electron chi connectivity index (χ0n) is 13.5. The van der Waals surface area contributed by atoms with Crippen molar-refractivity contribution in [1.82, 2.24) is 19.9 Å². The van der Waals surface area contributed by atoms with Gasteiger partial charge in [0.2, 0.25) is 5.88 Å². The molecule has 1 unspecified atom stereocenters. The predicted molar refractivity (Wildman–Crippen MR) is 84.4 cm³/mol. The highest BCUT2D eigenvalue weighted by Crippen LogP contribution is 2.36. The zero-order valence-corrected chi connectivity index (χ0v) is 13.5. The number of aromatic nitrogens is 4. The van der Waals surface area contributed by atoms with Gasteiger partial charge in [-0.1, -0.05) is 29.4 Å². The molecule has 6 nitrogen and oxygen atoms in total. The Morgan fingerprint density at radius 1 is 1.32 bits per heavy atom. The molecule has 2 aromatic heterocycles. The molecule has 4 rings (SSSR count). The number of hydrogen-bond acceptors (Lipinski definition) is 5. The lowest BCUT2D eigenvalue weighted by Crippen LogP contribution is -2.12. The van der Waals surface area contributed by atoms with Gasteiger partial charge < -0.3 is 9.26 Å². The lowest BCUT2D eigenvalue weighted by atomic mass is 9.82. The first-order valence-electron chi connectivity index (χ1n) is 8.02. The van der Waals surface area contributed by atoms with Crippen LogP contribution in [-0.2, 0) is 13.5 Å². The number of hydrogen-bond donors (Lipinski definition) is 0. The standard InChI is InChI=1S/C17H16F2N4O2/c1-23-14(24-17(18)19)9-13(21-23)16-20-15(22-25-16)12-8-4-6-10-5-2-3-7-11(10)12/h2-3,5,7,9,12,17H,4,6,8H2,1H3. The van der Waals surface area contributed by atoms with E-state index in [-0.39, 0.29) is 17.7 Å². The summed E-state index contributed by atoms with van der Waals surface area (Å²) in [5.74, 6) is 0.789. The number of benzene rings is 1. The molecule has 0 spiro atoms. The van der Waals surface area contributed by atoms with E-state index in [1.54, 1.807) is 0 Å². The smallest absolute Gasteiger partial charge is 0.388 e. The molecule has 0 N–H and O–H groups in total. The van der Waals surface area contributed by atoms with E-state index < -0.39 is 6.61 Å². The number of halogens is 2. The van der Waals surface area contributed by atoms with Crippen molar-refractivity contribution in [2.75, 3.05) is 0 Å². The van der Waals surface area contributed by atoms with Gasteiger partial charge >= 0.3 is 6.61 Å². The quantitative estimate of drug-likeness (QED) is 0.723. The number of fused-ring (bicyclic) bond motifs is 1. The fourth-order valence-electron chi connectivity index (χ4n) is 3.26. The summed E-state index contributed by atoms with van der Waals surface area (Å²) in [5.41, 5.74) is 2.82. The minimum atomic E-state index is -2.92. The van der Waals surface area contributed by atoms with Gasteiger partial charge in [0.1, 0.15) is 0 Å². The lowest BCUT2D eigenvalue weighted by Gasteiger charge is -2.22. The van der Waals surface area contributed by atoms with Crippen LogP contribution in [0.2, 0.25) is 0 Å². The number of aryl methyl sites for hydroxylation is 2. The molecule has 0 aliphatic heterocycles. The molecule has 25 heavy (non-hydrogen) atoms. The minimum Gasteiger partial charge on any atom is -0.417 e. The zero-order chi connectivity index (χ0) is 17.4. The Morgan fingerprint density at radius 3 is 3.00 bits per heavy atom. The van der Waals surface area contributed by atoms with Crippen LogP contribution in [-0.4, -0.2) is 26.5 Å². The summed E-state index contributed by atoms with van der Waals surface area (Å²) in [5, 5.41) is 8.19. The van der Waals surface area contributed by atoms with Crippen molar-refractivity contribution in [3.05, 3.63) is 47.3 Å². The third-order valence-electron chi connectivity index (χ3n) is 4.39. The number of alkyl halides is 2. The van der Waals surface area contributed by atoms with E-state index in [0.29, 0.717) is 11.5 Å². The highest BCUT2D eigenvalue weighted by Gasteiger charge is 2.26. The van der Waals surface area contributed by atoms with Gasteiger partial charge in [-0.25, -0.2) is 4.68 Å². The van der Waals surface area contributed by atoms with Crippen LogP contribution in [0, 0.1) is 0 Å². The second-order valence-corrected chi connectivity index (χ2v) is 5.97. The second-order valence-electron chi connectivity index (χ2n) is 5.97. The Hall–Kier alpha value is -2.77. The first-order valence-corrected chi connectivity index (χ1v) is 8.02. The summed E-state index contributed by atoms with van der Waals surface area (Å²) in [6, 6.07) is 9.60. The molecule has 0 saturated carbocycles. The maximum Gasteiger partial charge on any atom is 0.388 e. The number of nitrogens with zero attached hydrogens (tertiary/aromatic N) is 4. The summed E-state index contributed by atoms with van der Waals surface area (Å²) in [7, 11) is 1.51. The van der Waals surface area contributed by atoms with Crippen molar-refractivity contribution in [3.63, 3.8) is 0 Å². The molecule has 130 valence electrons. The van der Waals surface area contributed by atoms with Crippen molar-refractivity contribution in [1.29, 1.82) is 0 Å². The molecular formula is C17H16F2N4O2. The van der Waals surface area contributed by atoms with Crippen molar-refractivity contribution in [3.8, 4) is 17.5 Å². The summed E-state index contributed by atoms with van der Waals surface area (Å²) >= 11 is 0. The van der Waals surface area contributed by atoms with Gasteiger partial charge in [-0.15, -0.1) is 0 Å². The highest BCUT2D eigenvalue weighted by molar-refractivity contribution is 5.49. The highest BCUT2D eigenvalue weighted by atomic mass is 19.3. The first kappa shape index (κ1) is 15.7. The molecule has 1 aliphatic carbocycles. The molecule has 2 heterocycles. The van der Waals surface area contributed by atoms with E-state index in [1.807, 2.05) is 12.1 Å². The third-order valence-corrected chi connectivity index (χ3v) is 4.39. The van der Waals surface area contributed by atoms with E-state index in [1.165, 1.54) is 28.9 Å². The second kappa shape index (κ2) is 6.27. The topological polar surface area (TPSA) is 66.0 Å². The van der Waals surface area contributed by atoms with E-state index in [0.717, 1.165) is 19.3 Å². The molecule has 0 fully saturated rings.